The maximum absolute atomic E-state index is 12.6. The van der Waals surface area contributed by atoms with Gasteiger partial charge in [-0.25, -0.2) is 18.6 Å². The summed E-state index contributed by atoms with van der Waals surface area (Å²) in [5, 5.41) is -1.06. The fraction of sp³-hybridized carbons (Fsp3) is 0.400. The number of carbonyl (C=O) groups excluding carboxylic acids is 1. The lowest BCUT2D eigenvalue weighted by atomic mass is 10.2. The normalized spacial score (nSPS) is 11.8. The summed E-state index contributed by atoms with van der Waals surface area (Å²) < 4.78 is 67.1. The van der Waals surface area contributed by atoms with Gasteiger partial charge < -0.3 is 4.74 Å². The smallest absolute Gasteiger partial charge is 0.434 e. The van der Waals surface area contributed by atoms with Crippen molar-refractivity contribution in [2.75, 3.05) is 6.61 Å². The minimum Gasteiger partial charge on any atom is -0.462 e. The zero-order valence-corrected chi connectivity index (χ0v) is 10.1. The van der Waals surface area contributed by atoms with Crippen LogP contribution in [0.15, 0.2) is 6.07 Å². The van der Waals surface area contributed by atoms with Crippen molar-refractivity contribution in [2.24, 2.45) is 0 Å². The highest BCUT2D eigenvalue weighted by molar-refractivity contribution is 6.34. The van der Waals surface area contributed by atoms with Crippen molar-refractivity contribution < 1.29 is 31.5 Å². The highest BCUT2D eigenvalue weighted by Gasteiger charge is 2.38. The molecule has 0 atom stereocenters. The van der Waals surface area contributed by atoms with Crippen LogP contribution in [0.25, 0.3) is 0 Å². The van der Waals surface area contributed by atoms with Crippen LogP contribution in [-0.4, -0.2) is 17.6 Å². The van der Waals surface area contributed by atoms with E-state index in [0.717, 1.165) is 0 Å². The van der Waals surface area contributed by atoms with Gasteiger partial charge in [-0.2, -0.15) is 13.2 Å². The van der Waals surface area contributed by atoms with Crippen LogP contribution in [0.5, 0.6) is 0 Å². The molecular formula is C10H7ClF5NO2. The minimum atomic E-state index is -5.05. The number of esters is 1. The largest absolute Gasteiger partial charge is 0.462 e. The number of nitrogens with zero attached hydrogens (tertiary/aromatic N) is 1. The van der Waals surface area contributed by atoms with Crippen molar-refractivity contribution in [3.8, 4) is 0 Å². The van der Waals surface area contributed by atoms with E-state index in [2.05, 4.69) is 9.72 Å². The SMILES string of the molecule is CCOC(=O)c1cc(C(F)F)nc(C(F)(F)F)c1Cl. The third-order valence-electron chi connectivity index (χ3n) is 1.96. The van der Waals surface area contributed by atoms with Crippen molar-refractivity contribution in [2.45, 2.75) is 19.5 Å². The summed E-state index contributed by atoms with van der Waals surface area (Å²) in [5.74, 6) is -1.22. The molecule has 0 spiro atoms. The first-order valence-electron chi connectivity index (χ1n) is 4.91. The highest BCUT2D eigenvalue weighted by Crippen LogP contribution is 2.36. The number of ether oxygens (including phenoxy) is 1. The molecule has 1 aromatic heterocycles. The van der Waals surface area contributed by atoms with E-state index in [9.17, 15) is 26.7 Å². The predicted molar refractivity (Wildman–Crippen MR) is 55.2 cm³/mol. The third-order valence-corrected chi connectivity index (χ3v) is 2.35. The predicted octanol–water partition coefficient (Wildman–Crippen LogP) is 3.87. The van der Waals surface area contributed by atoms with Gasteiger partial charge in [-0.15, -0.1) is 0 Å². The molecule has 0 bridgehead atoms. The summed E-state index contributed by atoms with van der Waals surface area (Å²) in [6.07, 6.45) is -8.32. The molecule has 3 nitrogen and oxygen atoms in total. The van der Waals surface area contributed by atoms with Gasteiger partial charge in [0, 0.05) is 0 Å². The van der Waals surface area contributed by atoms with E-state index in [4.69, 9.17) is 11.6 Å². The zero-order valence-electron chi connectivity index (χ0n) is 9.39. The molecule has 0 N–H and O–H groups in total. The molecule has 1 rings (SSSR count). The number of aromatic nitrogens is 1. The first kappa shape index (κ1) is 15.6. The van der Waals surface area contributed by atoms with Crippen LogP contribution in [0.1, 0.15) is 35.1 Å². The van der Waals surface area contributed by atoms with Gasteiger partial charge in [0.15, 0.2) is 5.69 Å². The maximum Gasteiger partial charge on any atom is 0.434 e. The standard InChI is InChI=1S/C10H7ClF5NO2/c1-2-19-9(18)4-3-5(8(12)13)17-7(6(4)11)10(14,15)16/h3,8H,2H2,1H3. The second kappa shape index (κ2) is 5.68. The van der Waals surface area contributed by atoms with Crippen molar-refractivity contribution >= 4 is 17.6 Å². The Balaban J connectivity index is 3.46. The first-order valence-corrected chi connectivity index (χ1v) is 5.29. The average molecular weight is 304 g/mol. The van der Waals surface area contributed by atoms with Crippen molar-refractivity contribution in [1.29, 1.82) is 0 Å². The fourth-order valence-corrected chi connectivity index (χ4v) is 1.49. The number of rotatable bonds is 3. The zero-order chi connectivity index (χ0) is 14.8. The molecule has 0 aromatic carbocycles. The second-order valence-corrected chi connectivity index (χ2v) is 3.65. The number of carbonyl (C=O) groups is 1. The number of pyridine rings is 1. The van der Waals surface area contributed by atoms with E-state index < -0.39 is 40.5 Å². The Morgan fingerprint density at radius 1 is 1.47 bits per heavy atom. The molecule has 0 unspecified atom stereocenters. The van der Waals surface area contributed by atoms with Crippen LogP contribution >= 0.6 is 11.6 Å². The van der Waals surface area contributed by atoms with Gasteiger partial charge in [0.2, 0.25) is 0 Å². The van der Waals surface area contributed by atoms with Crippen LogP contribution in [0.2, 0.25) is 5.02 Å². The Bertz CT molecular complexity index is 490. The number of hydrogen-bond donors (Lipinski definition) is 0. The van der Waals surface area contributed by atoms with Gasteiger partial charge in [0.1, 0.15) is 5.69 Å². The molecule has 9 heteroatoms. The molecule has 0 aliphatic rings. The van der Waals surface area contributed by atoms with E-state index in [-0.39, 0.29) is 6.61 Å². The molecule has 0 saturated heterocycles. The monoisotopic (exact) mass is 303 g/mol. The molecule has 106 valence electrons. The molecule has 0 amide bonds. The third kappa shape index (κ3) is 3.52. The molecule has 19 heavy (non-hydrogen) atoms. The van der Waals surface area contributed by atoms with Crippen molar-refractivity contribution in [3.63, 3.8) is 0 Å². The lowest BCUT2D eigenvalue weighted by Crippen LogP contribution is -2.15. The Morgan fingerprint density at radius 3 is 2.47 bits per heavy atom. The van der Waals surface area contributed by atoms with Gasteiger partial charge in [0.25, 0.3) is 6.43 Å². The quantitative estimate of drug-likeness (QED) is 0.628. The van der Waals surface area contributed by atoms with Gasteiger partial charge >= 0.3 is 12.1 Å². The summed E-state index contributed by atoms with van der Waals surface area (Å²) in [5.41, 5.74) is -3.73. The Labute approximate surface area is 109 Å². The first-order chi connectivity index (χ1) is 8.68. The summed E-state index contributed by atoms with van der Waals surface area (Å²) in [4.78, 5) is 14.1. The number of hydrogen-bond acceptors (Lipinski definition) is 3. The average Bonchev–Trinajstić information content (AvgIpc) is 2.27. The molecular weight excluding hydrogens is 297 g/mol. The van der Waals surface area contributed by atoms with E-state index >= 15 is 0 Å². The van der Waals surface area contributed by atoms with Crippen LogP contribution in [0, 0.1) is 0 Å². The van der Waals surface area contributed by atoms with E-state index in [1.807, 2.05) is 0 Å². The van der Waals surface area contributed by atoms with Crippen molar-refractivity contribution in [1.82, 2.24) is 4.98 Å². The van der Waals surface area contributed by atoms with Crippen LogP contribution < -0.4 is 0 Å². The van der Waals surface area contributed by atoms with Crippen LogP contribution in [-0.2, 0) is 10.9 Å². The molecule has 0 aliphatic carbocycles. The summed E-state index contributed by atoms with van der Waals surface area (Å²) in [7, 11) is 0. The second-order valence-electron chi connectivity index (χ2n) is 3.28. The van der Waals surface area contributed by atoms with Gasteiger partial charge in [0.05, 0.1) is 17.2 Å². The minimum absolute atomic E-state index is 0.136. The maximum atomic E-state index is 12.6. The van der Waals surface area contributed by atoms with E-state index in [1.165, 1.54) is 6.92 Å². The summed E-state index contributed by atoms with van der Waals surface area (Å²) in [6.45, 7) is 1.27. The molecule has 1 aromatic rings. The Kier molecular flexibility index (Phi) is 4.67. The van der Waals surface area contributed by atoms with Gasteiger partial charge in [-0.05, 0) is 13.0 Å². The highest BCUT2D eigenvalue weighted by atomic mass is 35.5. The topological polar surface area (TPSA) is 39.2 Å². The van der Waals surface area contributed by atoms with Gasteiger partial charge in [-0.1, -0.05) is 11.6 Å². The molecule has 0 fully saturated rings. The van der Waals surface area contributed by atoms with Crippen LogP contribution in [0.4, 0.5) is 22.0 Å². The van der Waals surface area contributed by atoms with E-state index in [1.54, 1.807) is 0 Å². The van der Waals surface area contributed by atoms with Gasteiger partial charge in [-0.3, -0.25) is 0 Å². The summed E-state index contributed by atoms with van der Waals surface area (Å²) >= 11 is 5.37. The lowest BCUT2D eigenvalue weighted by molar-refractivity contribution is -0.141. The van der Waals surface area contributed by atoms with E-state index in [0.29, 0.717) is 6.07 Å². The number of halogens is 6. The molecule has 0 saturated carbocycles. The number of alkyl halides is 5. The van der Waals surface area contributed by atoms with Crippen molar-refractivity contribution in [3.05, 3.63) is 28.0 Å². The summed E-state index contributed by atoms with van der Waals surface area (Å²) in [6, 6.07) is 0.486. The van der Waals surface area contributed by atoms with Crippen LogP contribution in [0.3, 0.4) is 0 Å². The lowest BCUT2D eigenvalue weighted by Gasteiger charge is -2.13. The molecule has 0 aliphatic heterocycles. The molecule has 1 heterocycles. The molecule has 0 radical (unpaired) electrons. The fourth-order valence-electron chi connectivity index (χ4n) is 1.21. The Morgan fingerprint density at radius 2 is 2.05 bits per heavy atom. The Hall–Kier alpha value is -1.44.